The lowest BCUT2D eigenvalue weighted by Gasteiger charge is -2.26. The molecule has 2 atom stereocenters. The molecule has 0 spiro atoms. The summed E-state index contributed by atoms with van der Waals surface area (Å²) >= 11 is 12.4. The average molecular weight is 376 g/mol. The maximum Gasteiger partial charge on any atom is 0.174 e. The standard InChI is InChI=1S/C10H14ClNO4S4/c1-12(7-2-3-19(13,14)4-7)10(17)18-9-6-20(15,16)5-8(9)11/h5,7,9H,2-4,6H2,1H3/t7-,9+/m0/s1. The number of nitrogens with zero attached hydrogens (tertiary/aromatic N) is 1. The zero-order valence-corrected chi connectivity index (χ0v) is 14.7. The number of hydrogen-bond acceptors (Lipinski definition) is 6. The van der Waals surface area contributed by atoms with Gasteiger partial charge in [0.25, 0.3) is 0 Å². The lowest BCUT2D eigenvalue weighted by atomic mass is 10.2. The summed E-state index contributed by atoms with van der Waals surface area (Å²) in [5, 5.41) is 0.939. The molecule has 0 N–H and O–H groups in total. The van der Waals surface area contributed by atoms with Gasteiger partial charge in [-0.2, -0.15) is 0 Å². The summed E-state index contributed by atoms with van der Waals surface area (Å²) in [7, 11) is -4.48. The van der Waals surface area contributed by atoms with Gasteiger partial charge in [0.1, 0.15) is 4.32 Å². The van der Waals surface area contributed by atoms with Crippen molar-refractivity contribution in [1.29, 1.82) is 0 Å². The molecule has 114 valence electrons. The molecule has 2 rings (SSSR count). The van der Waals surface area contributed by atoms with E-state index in [0.29, 0.717) is 10.7 Å². The minimum absolute atomic E-state index is 0.0621. The van der Waals surface area contributed by atoms with Crippen LogP contribution in [0, 0.1) is 0 Å². The maximum absolute atomic E-state index is 11.5. The van der Waals surface area contributed by atoms with Gasteiger partial charge in [-0.15, -0.1) is 0 Å². The first-order chi connectivity index (χ1) is 9.10. The van der Waals surface area contributed by atoms with Crippen LogP contribution < -0.4 is 0 Å². The zero-order valence-electron chi connectivity index (χ0n) is 10.7. The van der Waals surface area contributed by atoms with Gasteiger partial charge in [0.15, 0.2) is 19.7 Å². The summed E-state index contributed by atoms with van der Waals surface area (Å²) in [4.78, 5) is 1.74. The lowest BCUT2D eigenvalue weighted by molar-refractivity contribution is 0.409. The second-order valence-electron chi connectivity index (χ2n) is 4.87. The predicted octanol–water partition coefficient (Wildman–Crippen LogP) is 1.00. The van der Waals surface area contributed by atoms with E-state index < -0.39 is 24.9 Å². The molecule has 0 unspecified atom stereocenters. The van der Waals surface area contributed by atoms with Crippen LogP contribution >= 0.6 is 35.6 Å². The van der Waals surface area contributed by atoms with Gasteiger partial charge < -0.3 is 4.90 Å². The first-order valence-electron chi connectivity index (χ1n) is 5.83. The predicted molar refractivity (Wildman–Crippen MR) is 86.5 cm³/mol. The van der Waals surface area contributed by atoms with Crippen LogP contribution in [0.15, 0.2) is 10.4 Å². The molecule has 0 amide bonds. The molecule has 1 saturated heterocycles. The summed E-state index contributed by atoms with van der Waals surface area (Å²) in [6, 6.07) is -0.138. The van der Waals surface area contributed by atoms with Crippen molar-refractivity contribution in [1.82, 2.24) is 4.90 Å². The molecule has 10 heteroatoms. The SMILES string of the molecule is CN(C(=S)S[C@@H]1CS(=O)(=O)C=C1Cl)[C@H]1CCS(=O)(=O)C1. The Morgan fingerprint density at radius 3 is 2.50 bits per heavy atom. The van der Waals surface area contributed by atoms with Gasteiger partial charge in [-0.3, -0.25) is 0 Å². The molecule has 0 aromatic carbocycles. The third-order valence-electron chi connectivity index (χ3n) is 3.27. The summed E-state index contributed by atoms with van der Waals surface area (Å²) in [5.74, 6) is 0.206. The number of thiocarbonyl (C=S) groups is 1. The molecule has 2 aliphatic rings. The fourth-order valence-electron chi connectivity index (χ4n) is 2.11. The van der Waals surface area contributed by atoms with E-state index in [9.17, 15) is 16.8 Å². The Labute approximate surface area is 133 Å². The second kappa shape index (κ2) is 5.75. The molecule has 0 aromatic rings. The third-order valence-corrected chi connectivity index (χ3v) is 9.05. The highest BCUT2D eigenvalue weighted by Gasteiger charge is 2.34. The van der Waals surface area contributed by atoms with Crippen LogP contribution in [-0.4, -0.2) is 61.7 Å². The van der Waals surface area contributed by atoms with Gasteiger partial charge in [0, 0.05) is 23.5 Å². The topological polar surface area (TPSA) is 71.5 Å². The zero-order chi connectivity index (χ0) is 15.1. The van der Waals surface area contributed by atoms with Crippen molar-refractivity contribution in [2.75, 3.05) is 24.3 Å². The van der Waals surface area contributed by atoms with Gasteiger partial charge in [-0.25, -0.2) is 16.8 Å². The van der Waals surface area contributed by atoms with Crippen molar-refractivity contribution in [2.45, 2.75) is 17.7 Å². The molecule has 0 radical (unpaired) electrons. The summed E-state index contributed by atoms with van der Waals surface area (Å²) in [6.07, 6.45) is 0.548. The molecule has 5 nitrogen and oxygen atoms in total. The van der Waals surface area contributed by atoms with Crippen LogP contribution in [-0.2, 0) is 19.7 Å². The molecule has 0 bridgehead atoms. The fourth-order valence-corrected chi connectivity index (χ4v) is 7.96. The van der Waals surface area contributed by atoms with Gasteiger partial charge >= 0.3 is 0 Å². The van der Waals surface area contributed by atoms with Crippen LogP contribution in [0.4, 0.5) is 0 Å². The third kappa shape index (κ3) is 3.88. The minimum atomic E-state index is -3.24. The molecule has 0 aliphatic carbocycles. The minimum Gasteiger partial charge on any atom is -0.357 e. The lowest BCUT2D eigenvalue weighted by Crippen LogP contribution is -2.36. The first-order valence-corrected chi connectivity index (χ1v) is 11.0. The highest BCUT2D eigenvalue weighted by atomic mass is 35.5. The molecule has 2 heterocycles. The van der Waals surface area contributed by atoms with Crippen LogP contribution in [0.5, 0.6) is 0 Å². The van der Waals surface area contributed by atoms with Crippen molar-refractivity contribution < 1.29 is 16.8 Å². The largest absolute Gasteiger partial charge is 0.357 e. The monoisotopic (exact) mass is 375 g/mol. The van der Waals surface area contributed by atoms with E-state index in [0.717, 1.165) is 5.41 Å². The number of halogens is 1. The Kier molecular flexibility index (Phi) is 4.76. The first kappa shape index (κ1) is 16.5. The number of rotatable bonds is 2. The molecule has 2 aliphatic heterocycles. The van der Waals surface area contributed by atoms with Gasteiger partial charge in [-0.1, -0.05) is 35.6 Å². The van der Waals surface area contributed by atoms with E-state index >= 15 is 0 Å². The number of thioether (sulfide) groups is 1. The van der Waals surface area contributed by atoms with E-state index in [2.05, 4.69) is 0 Å². The highest BCUT2D eigenvalue weighted by Crippen LogP contribution is 2.33. The van der Waals surface area contributed by atoms with E-state index in [-0.39, 0.29) is 28.3 Å². The normalized spacial score (nSPS) is 31.0. The van der Waals surface area contributed by atoms with Crippen LogP contribution in [0.2, 0.25) is 0 Å². The fraction of sp³-hybridized carbons (Fsp3) is 0.700. The van der Waals surface area contributed by atoms with Gasteiger partial charge in [0.2, 0.25) is 0 Å². The average Bonchev–Trinajstić information content (AvgIpc) is 2.77. The smallest absolute Gasteiger partial charge is 0.174 e. The van der Waals surface area contributed by atoms with Gasteiger partial charge in [-0.05, 0) is 6.42 Å². The van der Waals surface area contributed by atoms with E-state index in [1.54, 1.807) is 11.9 Å². The van der Waals surface area contributed by atoms with E-state index in [4.69, 9.17) is 23.8 Å². The Bertz CT molecular complexity index is 655. The molecule has 1 fully saturated rings. The van der Waals surface area contributed by atoms with Crippen LogP contribution in [0.25, 0.3) is 0 Å². The van der Waals surface area contributed by atoms with E-state index in [1.807, 2.05) is 0 Å². The number of sulfone groups is 2. The van der Waals surface area contributed by atoms with Crippen molar-refractivity contribution in [3.05, 3.63) is 10.4 Å². The van der Waals surface area contributed by atoms with E-state index in [1.165, 1.54) is 11.8 Å². The van der Waals surface area contributed by atoms with Crippen molar-refractivity contribution in [3.8, 4) is 0 Å². The summed E-state index contributed by atoms with van der Waals surface area (Å²) < 4.78 is 46.3. The Hall–Kier alpha value is 0.170. The molecular weight excluding hydrogens is 362 g/mol. The molecular formula is C10H14ClNO4S4. The van der Waals surface area contributed by atoms with Gasteiger partial charge in [0.05, 0.1) is 22.5 Å². The van der Waals surface area contributed by atoms with Crippen molar-refractivity contribution in [2.24, 2.45) is 0 Å². The second-order valence-corrected chi connectivity index (χ2v) is 11.3. The van der Waals surface area contributed by atoms with Crippen LogP contribution in [0.1, 0.15) is 6.42 Å². The summed E-state index contributed by atoms with van der Waals surface area (Å²) in [5.41, 5.74) is 0. The quantitative estimate of drug-likeness (QED) is 0.666. The van der Waals surface area contributed by atoms with Crippen molar-refractivity contribution >= 4 is 59.6 Å². The highest BCUT2D eigenvalue weighted by molar-refractivity contribution is 8.23. The Balaban J connectivity index is 1.98. The van der Waals surface area contributed by atoms with Crippen LogP contribution in [0.3, 0.4) is 0 Å². The van der Waals surface area contributed by atoms with Crippen molar-refractivity contribution in [3.63, 3.8) is 0 Å². The number of hydrogen-bond donors (Lipinski definition) is 0. The Morgan fingerprint density at radius 1 is 1.40 bits per heavy atom. The molecule has 20 heavy (non-hydrogen) atoms. The maximum atomic E-state index is 11.5. The molecule has 0 aromatic heterocycles. The molecule has 0 saturated carbocycles. The summed E-state index contributed by atoms with van der Waals surface area (Å²) in [6.45, 7) is 0. The Morgan fingerprint density at radius 2 is 2.05 bits per heavy atom.